The van der Waals surface area contributed by atoms with Crippen molar-refractivity contribution >= 4 is 17.9 Å². The SMILES string of the molecule is CC(=O)N[C@@H]1C[C@H](NC(C)C)CC[C@@H]1N1CC[C@H](NC(=O)O)C1=O. The van der Waals surface area contributed by atoms with Gasteiger partial charge < -0.3 is 26.0 Å². The molecule has 1 aliphatic heterocycles. The molecule has 3 amide bonds. The van der Waals surface area contributed by atoms with Crippen molar-refractivity contribution in [3.8, 4) is 0 Å². The Hall–Kier alpha value is -1.83. The summed E-state index contributed by atoms with van der Waals surface area (Å²) >= 11 is 0. The van der Waals surface area contributed by atoms with Gasteiger partial charge >= 0.3 is 6.09 Å². The smallest absolute Gasteiger partial charge is 0.405 e. The molecule has 136 valence electrons. The standard InChI is InChI=1S/C16H28N4O4/c1-9(2)17-11-4-5-14(13(8-11)18-10(3)21)20-7-6-12(15(20)22)19-16(23)24/h9,11-14,17,19H,4-8H2,1-3H3,(H,18,21)(H,23,24)/t11-,12+,13-,14+/m1/s1. The van der Waals surface area contributed by atoms with Crippen LogP contribution >= 0.6 is 0 Å². The lowest BCUT2D eigenvalue weighted by Crippen LogP contribution is -2.58. The van der Waals surface area contributed by atoms with Crippen LogP contribution < -0.4 is 16.0 Å². The third kappa shape index (κ3) is 4.59. The van der Waals surface area contributed by atoms with Crippen LogP contribution in [0.5, 0.6) is 0 Å². The number of carbonyl (C=O) groups is 3. The zero-order valence-electron chi connectivity index (χ0n) is 14.5. The van der Waals surface area contributed by atoms with Gasteiger partial charge in [0.05, 0.1) is 12.1 Å². The number of likely N-dealkylation sites (tertiary alicyclic amines) is 1. The normalized spacial score (nSPS) is 30.5. The molecule has 0 radical (unpaired) electrons. The minimum Gasteiger partial charge on any atom is -0.465 e. The molecule has 1 aliphatic carbocycles. The molecule has 0 aromatic rings. The minimum absolute atomic E-state index is 0.0767. The van der Waals surface area contributed by atoms with Crippen LogP contribution in [-0.4, -0.2) is 64.7 Å². The van der Waals surface area contributed by atoms with Crippen molar-refractivity contribution in [2.75, 3.05) is 6.54 Å². The monoisotopic (exact) mass is 340 g/mol. The average Bonchev–Trinajstić information content (AvgIpc) is 2.79. The molecule has 0 aromatic heterocycles. The first-order chi connectivity index (χ1) is 11.3. The van der Waals surface area contributed by atoms with Crippen molar-refractivity contribution in [3.05, 3.63) is 0 Å². The first-order valence-electron chi connectivity index (χ1n) is 8.61. The number of nitrogens with zero attached hydrogens (tertiary/aromatic N) is 1. The average molecular weight is 340 g/mol. The highest BCUT2D eigenvalue weighted by Gasteiger charge is 2.42. The summed E-state index contributed by atoms with van der Waals surface area (Å²) < 4.78 is 0. The summed E-state index contributed by atoms with van der Waals surface area (Å²) in [6, 6.07) is -0.190. The second kappa shape index (κ2) is 7.83. The molecular weight excluding hydrogens is 312 g/mol. The molecule has 4 N–H and O–H groups in total. The fraction of sp³-hybridized carbons (Fsp3) is 0.812. The van der Waals surface area contributed by atoms with E-state index in [-0.39, 0.29) is 23.9 Å². The van der Waals surface area contributed by atoms with Crippen molar-refractivity contribution in [2.24, 2.45) is 0 Å². The Morgan fingerprint density at radius 3 is 2.50 bits per heavy atom. The highest BCUT2D eigenvalue weighted by molar-refractivity contribution is 5.87. The molecule has 4 atom stereocenters. The first-order valence-corrected chi connectivity index (χ1v) is 8.61. The van der Waals surface area contributed by atoms with Gasteiger partial charge in [0.15, 0.2) is 0 Å². The molecule has 1 heterocycles. The summed E-state index contributed by atoms with van der Waals surface area (Å²) in [5, 5.41) is 17.6. The summed E-state index contributed by atoms with van der Waals surface area (Å²) in [5.74, 6) is -0.296. The van der Waals surface area contributed by atoms with Crippen LogP contribution in [0.4, 0.5) is 4.79 Å². The van der Waals surface area contributed by atoms with Crippen LogP contribution in [-0.2, 0) is 9.59 Å². The van der Waals surface area contributed by atoms with E-state index in [1.165, 1.54) is 6.92 Å². The second-order valence-electron chi connectivity index (χ2n) is 7.03. The van der Waals surface area contributed by atoms with Crippen LogP contribution in [0.2, 0.25) is 0 Å². The number of rotatable bonds is 5. The van der Waals surface area contributed by atoms with Gasteiger partial charge in [-0.05, 0) is 25.7 Å². The molecule has 8 heteroatoms. The highest BCUT2D eigenvalue weighted by atomic mass is 16.4. The number of carbonyl (C=O) groups excluding carboxylic acids is 2. The lowest BCUT2D eigenvalue weighted by Gasteiger charge is -2.42. The molecule has 1 saturated carbocycles. The van der Waals surface area contributed by atoms with Gasteiger partial charge in [-0.15, -0.1) is 0 Å². The highest BCUT2D eigenvalue weighted by Crippen LogP contribution is 2.28. The fourth-order valence-electron chi connectivity index (χ4n) is 3.88. The Morgan fingerprint density at radius 2 is 1.92 bits per heavy atom. The lowest BCUT2D eigenvalue weighted by molar-refractivity contribution is -0.133. The molecule has 2 fully saturated rings. The van der Waals surface area contributed by atoms with E-state index < -0.39 is 12.1 Å². The molecule has 0 spiro atoms. The maximum Gasteiger partial charge on any atom is 0.405 e. The van der Waals surface area contributed by atoms with E-state index in [9.17, 15) is 14.4 Å². The van der Waals surface area contributed by atoms with E-state index in [0.29, 0.717) is 25.0 Å². The van der Waals surface area contributed by atoms with Crippen molar-refractivity contribution in [3.63, 3.8) is 0 Å². The predicted octanol–water partition coefficient (Wildman–Crippen LogP) is 0.279. The number of hydrogen-bond donors (Lipinski definition) is 4. The van der Waals surface area contributed by atoms with Crippen LogP contribution in [0.3, 0.4) is 0 Å². The largest absolute Gasteiger partial charge is 0.465 e. The molecule has 0 bridgehead atoms. The molecule has 0 aromatic carbocycles. The Labute approximate surface area is 142 Å². The lowest BCUT2D eigenvalue weighted by atomic mass is 9.85. The number of amides is 3. The first kappa shape index (κ1) is 18.5. The quantitative estimate of drug-likeness (QED) is 0.574. The van der Waals surface area contributed by atoms with Crippen molar-refractivity contribution in [1.29, 1.82) is 0 Å². The Balaban J connectivity index is 2.05. The van der Waals surface area contributed by atoms with Gasteiger partial charge in [-0.3, -0.25) is 9.59 Å². The minimum atomic E-state index is -1.18. The van der Waals surface area contributed by atoms with E-state index in [2.05, 4.69) is 29.8 Å². The van der Waals surface area contributed by atoms with E-state index in [1.807, 2.05) is 0 Å². The molecule has 2 aliphatic rings. The molecular formula is C16H28N4O4. The zero-order chi connectivity index (χ0) is 17.9. The van der Waals surface area contributed by atoms with Crippen LogP contribution in [0.1, 0.15) is 46.5 Å². The van der Waals surface area contributed by atoms with Crippen molar-refractivity contribution < 1.29 is 19.5 Å². The number of nitrogens with one attached hydrogen (secondary N) is 3. The Kier molecular flexibility index (Phi) is 6.04. The summed E-state index contributed by atoms with van der Waals surface area (Å²) in [4.78, 5) is 36.6. The molecule has 0 unspecified atom stereocenters. The maximum atomic E-state index is 12.5. The third-order valence-corrected chi connectivity index (χ3v) is 4.71. The van der Waals surface area contributed by atoms with Crippen LogP contribution in [0, 0.1) is 0 Å². The third-order valence-electron chi connectivity index (χ3n) is 4.71. The summed E-state index contributed by atoms with van der Waals surface area (Å²) in [7, 11) is 0. The molecule has 1 saturated heterocycles. The van der Waals surface area contributed by atoms with Gasteiger partial charge in [-0.2, -0.15) is 0 Å². The number of carboxylic acid groups (broad SMARTS) is 1. The van der Waals surface area contributed by atoms with Gasteiger partial charge in [0, 0.05) is 25.6 Å². The number of hydrogen-bond acceptors (Lipinski definition) is 4. The molecule has 2 rings (SSSR count). The summed E-state index contributed by atoms with van der Waals surface area (Å²) in [6.07, 6.45) is 1.78. The Morgan fingerprint density at radius 1 is 1.21 bits per heavy atom. The Bertz CT molecular complexity index is 496. The maximum absolute atomic E-state index is 12.5. The zero-order valence-corrected chi connectivity index (χ0v) is 14.5. The van der Waals surface area contributed by atoms with E-state index in [4.69, 9.17) is 5.11 Å². The summed E-state index contributed by atoms with van der Waals surface area (Å²) in [5.41, 5.74) is 0. The van der Waals surface area contributed by atoms with Gasteiger partial charge in [0.2, 0.25) is 11.8 Å². The topological polar surface area (TPSA) is 111 Å². The van der Waals surface area contributed by atoms with E-state index >= 15 is 0 Å². The summed E-state index contributed by atoms with van der Waals surface area (Å²) in [6.45, 7) is 6.18. The van der Waals surface area contributed by atoms with Gasteiger partial charge in [-0.1, -0.05) is 13.8 Å². The molecule has 8 nitrogen and oxygen atoms in total. The predicted molar refractivity (Wildman–Crippen MR) is 88.6 cm³/mol. The second-order valence-corrected chi connectivity index (χ2v) is 7.03. The van der Waals surface area contributed by atoms with Crippen LogP contribution in [0.15, 0.2) is 0 Å². The molecule has 24 heavy (non-hydrogen) atoms. The fourth-order valence-corrected chi connectivity index (χ4v) is 3.88. The van der Waals surface area contributed by atoms with Gasteiger partial charge in [-0.25, -0.2) is 4.79 Å². The van der Waals surface area contributed by atoms with Gasteiger partial charge in [0.25, 0.3) is 0 Å². The van der Waals surface area contributed by atoms with E-state index in [1.54, 1.807) is 4.90 Å². The van der Waals surface area contributed by atoms with Crippen LogP contribution in [0.25, 0.3) is 0 Å². The van der Waals surface area contributed by atoms with Crippen molar-refractivity contribution in [2.45, 2.75) is 76.7 Å². The van der Waals surface area contributed by atoms with Gasteiger partial charge in [0.1, 0.15) is 6.04 Å². The van der Waals surface area contributed by atoms with Crippen molar-refractivity contribution in [1.82, 2.24) is 20.9 Å². The van der Waals surface area contributed by atoms with E-state index in [0.717, 1.165) is 19.3 Å².